The Morgan fingerprint density at radius 1 is 1.31 bits per heavy atom. The van der Waals surface area contributed by atoms with E-state index in [1.807, 2.05) is 23.6 Å². The molecule has 0 aromatic carbocycles. The molecule has 0 radical (unpaired) electrons. The molecule has 2 aromatic rings. The van der Waals surface area contributed by atoms with Crippen LogP contribution in [-0.2, 0) is 0 Å². The van der Waals surface area contributed by atoms with Gasteiger partial charge in [0.1, 0.15) is 0 Å². The average molecular weight is 189 g/mol. The summed E-state index contributed by atoms with van der Waals surface area (Å²) in [6.07, 6.45) is 3.71. The van der Waals surface area contributed by atoms with Gasteiger partial charge in [-0.05, 0) is 31.5 Å². The Morgan fingerprint density at radius 3 is 2.69 bits per heavy atom. The fourth-order valence-corrected chi connectivity index (χ4v) is 2.25. The first-order valence-corrected chi connectivity index (χ1v) is 5.06. The van der Waals surface area contributed by atoms with Gasteiger partial charge >= 0.3 is 0 Å². The molecule has 13 heavy (non-hydrogen) atoms. The number of rotatable bonds is 1. The summed E-state index contributed by atoms with van der Waals surface area (Å²) in [5.41, 5.74) is 2.58. The highest BCUT2D eigenvalue weighted by Gasteiger charge is 2.02. The smallest absolute Gasteiger partial charge is 0.0363 e. The van der Waals surface area contributed by atoms with Crippen molar-refractivity contribution in [1.82, 2.24) is 4.98 Å². The van der Waals surface area contributed by atoms with Crippen LogP contribution in [0.1, 0.15) is 10.4 Å². The van der Waals surface area contributed by atoms with Gasteiger partial charge < -0.3 is 0 Å². The van der Waals surface area contributed by atoms with Crippen LogP contribution in [0.25, 0.3) is 10.4 Å². The van der Waals surface area contributed by atoms with Crippen LogP contribution in [0.3, 0.4) is 0 Å². The predicted octanol–water partition coefficient (Wildman–Crippen LogP) is 3.43. The number of pyridine rings is 1. The Bertz CT molecular complexity index is 384. The van der Waals surface area contributed by atoms with Gasteiger partial charge in [-0.15, -0.1) is 11.3 Å². The molecule has 0 aliphatic rings. The minimum absolute atomic E-state index is 1.21. The molecule has 2 aromatic heterocycles. The van der Waals surface area contributed by atoms with Crippen LogP contribution in [0, 0.1) is 13.8 Å². The number of nitrogens with zero attached hydrogens (tertiary/aromatic N) is 1. The first-order valence-electron chi connectivity index (χ1n) is 4.25. The fourth-order valence-electron chi connectivity index (χ4n) is 1.22. The lowest BCUT2D eigenvalue weighted by atomic mass is 10.2. The van der Waals surface area contributed by atoms with Crippen LogP contribution in [-0.4, -0.2) is 4.98 Å². The number of aromatic nitrogens is 1. The molecule has 66 valence electrons. The van der Waals surface area contributed by atoms with Crippen LogP contribution in [0.2, 0.25) is 0 Å². The molecule has 0 spiro atoms. The van der Waals surface area contributed by atoms with E-state index in [1.54, 1.807) is 6.20 Å². The van der Waals surface area contributed by atoms with E-state index in [-0.39, 0.29) is 0 Å². The Labute approximate surface area is 82.1 Å². The van der Waals surface area contributed by atoms with Gasteiger partial charge in [0, 0.05) is 27.7 Å². The molecular weight excluding hydrogens is 178 g/mol. The Kier molecular flexibility index (Phi) is 2.15. The second-order valence-corrected chi connectivity index (χ2v) is 4.35. The maximum atomic E-state index is 4.11. The monoisotopic (exact) mass is 189 g/mol. The first kappa shape index (κ1) is 8.45. The third-order valence-corrected chi connectivity index (χ3v) is 3.31. The van der Waals surface area contributed by atoms with Crippen molar-refractivity contribution in [3.8, 4) is 10.4 Å². The van der Waals surface area contributed by atoms with Crippen LogP contribution in [0.4, 0.5) is 0 Å². The lowest BCUT2D eigenvalue weighted by molar-refractivity contribution is 1.33. The number of thiophene rings is 1. The fraction of sp³-hybridized carbons (Fsp3) is 0.182. The molecule has 2 heterocycles. The Morgan fingerprint density at radius 2 is 2.15 bits per heavy atom. The summed E-state index contributed by atoms with van der Waals surface area (Å²) < 4.78 is 0. The van der Waals surface area contributed by atoms with E-state index >= 15 is 0 Å². The molecule has 1 nitrogen and oxygen atoms in total. The zero-order chi connectivity index (χ0) is 9.26. The first-order chi connectivity index (χ1) is 6.27. The summed E-state index contributed by atoms with van der Waals surface area (Å²) in [7, 11) is 0. The summed E-state index contributed by atoms with van der Waals surface area (Å²) in [4.78, 5) is 6.80. The van der Waals surface area contributed by atoms with E-state index in [9.17, 15) is 0 Å². The van der Waals surface area contributed by atoms with E-state index in [0.29, 0.717) is 0 Å². The Hall–Kier alpha value is -1.15. The molecule has 0 aliphatic carbocycles. The van der Waals surface area contributed by atoms with Crippen LogP contribution in [0.5, 0.6) is 0 Å². The van der Waals surface area contributed by atoms with Gasteiger partial charge in [0.2, 0.25) is 0 Å². The molecule has 0 aliphatic heterocycles. The van der Waals surface area contributed by atoms with Gasteiger partial charge in [-0.3, -0.25) is 4.98 Å². The molecule has 0 amide bonds. The summed E-state index contributed by atoms with van der Waals surface area (Å²) in [5.74, 6) is 0. The van der Waals surface area contributed by atoms with Crippen LogP contribution >= 0.6 is 11.3 Å². The van der Waals surface area contributed by atoms with Crippen molar-refractivity contribution < 1.29 is 0 Å². The third-order valence-electron chi connectivity index (χ3n) is 2.11. The molecule has 0 bridgehead atoms. The molecule has 0 atom stereocenters. The number of hydrogen-bond acceptors (Lipinski definition) is 2. The lowest BCUT2D eigenvalue weighted by Gasteiger charge is -1.93. The second-order valence-electron chi connectivity index (χ2n) is 3.09. The van der Waals surface area contributed by atoms with Crippen molar-refractivity contribution in [1.29, 1.82) is 0 Å². The third kappa shape index (κ3) is 1.63. The highest BCUT2D eigenvalue weighted by atomic mass is 32.1. The van der Waals surface area contributed by atoms with Crippen LogP contribution < -0.4 is 0 Å². The molecule has 2 rings (SSSR count). The summed E-state index contributed by atoms with van der Waals surface area (Å²) >= 11 is 1.83. The summed E-state index contributed by atoms with van der Waals surface area (Å²) in [5, 5.41) is 0. The van der Waals surface area contributed by atoms with Crippen molar-refractivity contribution in [3.63, 3.8) is 0 Å². The molecule has 0 saturated heterocycles. The second kappa shape index (κ2) is 3.30. The highest BCUT2D eigenvalue weighted by molar-refractivity contribution is 7.15. The molecule has 0 unspecified atom stereocenters. The molecular formula is C11H11NS. The zero-order valence-corrected chi connectivity index (χ0v) is 8.56. The van der Waals surface area contributed by atoms with Gasteiger partial charge in [-0.2, -0.15) is 0 Å². The summed E-state index contributed by atoms with van der Waals surface area (Å²) in [6.45, 7) is 4.30. The van der Waals surface area contributed by atoms with E-state index in [4.69, 9.17) is 0 Å². The maximum absolute atomic E-state index is 4.11. The normalized spacial score (nSPS) is 10.3. The number of aryl methyl sites for hydroxylation is 2. The SMILES string of the molecule is Cc1cc(-c2cccnc2)sc1C. The van der Waals surface area contributed by atoms with Crippen molar-refractivity contribution in [2.45, 2.75) is 13.8 Å². The molecule has 0 fully saturated rings. The quantitative estimate of drug-likeness (QED) is 0.669. The van der Waals surface area contributed by atoms with Gasteiger partial charge in [0.15, 0.2) is 0 Å². The van der Waals surface area contributed by atoms with E-state index < -0.39 is 0 Å². The topological polar surface area (TPSA) is 12.9 Å². The minimum Gasteiger partial charge on any atom is -0.264 e. The van der Waals surface area contributed by atoms with Crippen molar-refractivity contribution in [2.24, 2.45) is 0 Å². The standard InChI is InChI=1S/C11H11NS/c1-8-6-11(13-9(8)2)10-4-3-5-12-7-10/h3-7H,1-2H3. The van der Waals surface area contributed by atoms with Crippen molar-refractivity contribution >= 4 is 11.3 Å². The van der Waals surface area contributed by atoms with E-state index in [1.165, 1.54) is 20.9 Å². The van der Waals surface area contributed by atoms with Crippen molar-refractivity contribution in [2.75, 3.05) is 0 Å². The van der Waals surface area contributed by atoms with E-state index in [0.717, 1.165) is 0 Å². The van der Waals surface area contributed by atoms with Gasteiger partial charge in [-0.1, -0.05) is 6.07 Å². The number of hydrogen-bond donors (Lipinski definition) is 0. The molecule has 0 N–H and O–H groups in total. The van der Waals surface area contributed by atoms with Crippen molar-refractivity contribution in [3.05, 3.63) is 41.0 Å². The predicted molar refractivity (Wildman–Crippen MR) is 57.0 cm³/mol. The molecule has 0 saturated carbocycles. The van der Waals surface area contributed by atoms with Gasteiger partial charge in [0.05, 0.1) is 0 Å². The van der Waals surface area contributed by atoms with Gasteiger partial charge in [-0.25, -0.2) is 0 Å². The Balaban J connectivity index is 2.48. The lowest BCUT2D eigenvalue weighted by Crippen LogP contribution is -1.72. The summed E-state index contributed by atoms with van der Waals surface area (Å²) in [6, 6.07) is 6.29. The average Bonchev–Trinajstić information content (AvgIpc) is 2.49. The molecule has 2 heteroatoms. The highest BCUT2D eigenvalue weighted by Crippen LogP contribution is 2.29. The van der Waals surface area contributed by atoms with Gasteiger partial charge in [0.25, 0.3) is 0 Å². The van der Waals surface area contributed by atoms with E-state index in [2.05, 4.69) is 31.0 Å². The largest absolute Gasteiger partial charge is 0.264 e. The maximum Gasteiger partial charge on any atom is 0.0363 e. The minimum atomic E-state index is 1.21. The zero-order valence-electron chi connectivity index (χ0n) is 7.74. The van der Waals surface area contributed by atoms with Crippen LogP contribution in [0.15, 0.2) is 30.6 Å².